The topological polar surface area (TPSA) is 93.3 Å². The van der Waals surface area contributed by atoms with Crippen molar-refractivity contribution in [2.45, 2.75) is 51.5 Å². The van der Waals surface area contributed by atoms with Gasteiger partial charge in [0.2, 0.25) is 11.8 Å². The number of rotatable bonds is 7. The van der Waals surface area contributed by atoms with Crippen molar-refractivity contribution in [1.82, 2.24) is 24.5 Å². The van der Waals surface area contributed by atoms with Gasteiger partial charge in [0.05, 0.1) is 30.7 Å². The number of nitrogens with one attached hydrogen (secondary N) is 2. The molecule has 4 aliphatic carbocycles. The van der Waals surface area contributed by atoms with Crippen LogP contribution in [0.3, 0.4) is 0 Å². The van der Waals surface area contributed by atoms with E-state index in [2.05, 4.69) is 20.7 Å². The minimum atomic E-state index is -0.235. The monoisotopic (exact) mass is 446 g/mol. The summed E-state index contributed by atoms with van der Waals surface area (Å²) in [4.78, 5) is 29.6. The van der Waals surface area contributed by atoms with E-state index in [-0.39, 0.29) is 23.8 Å². The van der Waals surface area contributed by atoms with Gasteiger partial charge in [0.1, 0.15) is 5.65 Å². The second-order valence-electron chi connectivity index (χ2n) is 10.5. The third kappa shape index (κ3) is 4.26. The van der Waals surface area contributed by atoms with E-state index in [4.69, 9.17) is 0 Å². The van der Waals surface area contributed by atoms with E-state index in [1.165, 1.54) is 38.5 Å². The van der Waals surface area contributed by atoms with Gasteiger partial charge < -0.3 is 15.0 Å². The van der Waals surface area contributed by atoms with Crippen LogP contribution in [0.25, 0.3) is 5.65 Å². The molecule has 0 atom stereocenters. The van der Waals surface area contributed by atoms with Crippen molar-refractivity contribution in [2.75, 3.05) is 11.9 Å². The van der Waals surface area contributed by atoms with Gasteiger partial charge in [0.25, 0.3) is 0 Å². The predicted molar refractivity (Wildman–Crippen MR) is 123 cm³/mol. The number of carbonyl (C=O) groups excluding carboxylic acids is 2. The molecule has 3 aromatic rings. The SMILES string of the molecule is O=C(CC12CC3CC(CC(C3)C1)C2)NCC(=O)Nc1cnn(Cc2cn3ccccc3n2)c1. The van der Waals surface area contributed by atoms with Crippen LogP contribution in [0.1, 0.15) is 50.6 Å². The predicted octanol–water partition coefficient (Wildman–Crippen LogP) is 3.24. The lowest BCUT2D eigenvalue weighted by Gasteiger charge is -2.56. The molecular formula is C25H30N6O2. The molecule has 0 spiro atoms. The summed E-state index contributed by atoms with van der Waals surface area (Å²) < 4.78 is 3.70. The lowest BCUT2D eigenvalue weighted by atomic mass is 9.49. The first-order chi connectivity index (χ1) is 16.0. The Morgan fingerprint density at radius 2 is 1.79 bits per heavy atom. The van der Waals surface area contributed by atoms with E-state index < -0.39 is 0 Å². The number of fused-ring (bicyclic) bond motifs is 1. The Labute approximate surface area is 192 Å². The number of amides is 2. The highest BCUT2D eigenvalue weighted by atomic mass is 16.2. The molecule has 0 radical (unpaired) electrons. The molecule has 4 fully saturated rings. The van der Waals surface area contributed by atoms with Crippen LogP contribution in [0, 0.1) is 23.2 Å². The summed E-state index contributed by atoms with van der Waals surface area (Å²) >= 11 is 0. The fourth-order valence-corrected chi connectivity index (χ4v) is 7.04. The molecule has 0 unspecified atom stereocenters. The van der Waals surface area contributed by atoms with Crippen molar-refractivity contribution < 1.29 is 9.59 Å². The maximum Gasteiger partial charge on any atom is 0.243 e. The third-order valence-electron chi connectivity index (χ3n) is 7.80. The fourth-order valence-electron chi connectivity index (χ4n) is 7.04. The molecule has 4 aliphatic rings. The molecule has 8 heteroatoms. The van der Waals surface area contributed by atoms with Gasteiger partial charge in [0, 0.05) is 25.0 Å². The molecular weight excluding hydrogens is 416 g/mol. The number of anilines is 1. The first-order valence-electron chi connectivity index (χ1n) is 12.0. The average Bonchev–Trinajstić information content (AvgIpc) is 3.37. The number of carbonyl (C=O) groups is 2. The quantitative estimate of drug-likeness (QED) is 0.583. The van der Waals surface area contributed by atoms with Crippen LogP contribution in [0.4, 0.5) is 5.69 Å². The summed E-state index contributed by atoms with van der Waals surface area (Å²) in [5, 5.41) is 9.99. The summed E-state index contributed by atoms with van der Waals surface area (Å²) in [6.45, 7) is 0.502. The highest BCUT2D eigenvalue weighted by Crippen LogP contribution is 2.61. The first kappa shape index (κ1) is 20.4. The van der Waals surface area contributed by atoms with Crippen molar-refractivity contribution in [1.29, 1.82) is 0 Å². The zero-order valence-corrected chi connectivity index (χ0v) is 18.7. The van der Waals surface area contributed by atoms with Gasteiger partial charge >= 0.3 is 0 Å². The Hall–Kier alpha value is -3.16. The fraction of sp³-hybridized carbons (Fsp3) is 0.520. The maximum absolute atomic E-state index is 12.6. The van der Waals surface area contributed by atoms with Gasteiger partial charge in [-0.2, -0.15) is 5.10 Å². The molecule has 2 amide bonds. The lowest BCUT2D eigenvalue weighted by molar-refractivity contribution is -0.131. The molecule has 4 bridgehead atoms. The Morgan fingerprint density at radius 1 is 1.03 bits per heavy atom. The van der Waals surface area contributed by atoms with Crippen LogP contribution >= 0.6 is 0 Å². The van der Waals surface area contributed by atoms with Gasteiger partial charge in [-0.15, -0.1) is 0 Å². The van der Waals surface area contributed by atoms with Crippen molar-refractivity contribution in [2.24, 2.45) is 23.2 Å². The van der Waals surface area contributed by atoms with E-state index >= 15 is 0 Å². The molecule has 0 aliphatic heterocycles. The van der Waals surface area contributed by atoms with E-state index in [0.717, 1.165) is 29.1 Å². The van der Waals surface area contributed by atoms with Gasteiger partial charge in [0.15, 0.2) is 0 Å². The smallest absolute Gasteiger partial charge is 0.243 e. The van der Waals surface area contributed by atoms with Crippen molar-refractivity contribution >= 4 is 23.1 Å². The Morgan fingerprint density at radius 3 is 2.52 bits per heavy atom. The molecule has 3 heterocycles. The van der Waals surface area contributed by atoms with Crippen LogP contribution in [0.2, 0.25) is 0 Å². The number of hydrogen-bond donors (Lipinski definition) is 2. The summed E-state index contributed by atoms with van der Waals surface area (Å²) in [6.07, 6.45) is 15.6. The molecule has 0 saturated heterocycles. The molecule has 2 N–H and O–H groups in total. The molecule has 8 nitrogen and oxygen atoms in total. The van der Waals surface area contributed by atoms with Gasteiger partial charge in [-0.3, -0.25) is 14.3 Å². The molecule has 172 valence electrons. The lowest BCUT2D eigenvalue weighted by Crippen LogP contribution is -2.48. The van der Waals surface area contributed by atoms with Crippen molar-refractivity contribution in [3.05, 3.63) is 48.7 Å². The summed E-state index contributed by atoms with van der Waals surface area (Å²) in [5.41, 5.74) is 2.57. The second-order valence-corrected chi connectivity index (χ2v) is 10.5. The minimum absolute atomic E-state index is 0.00893. The number of imidazole rings is 1. The Balaban J connectivity index is 0.992. The zero-order chi connectivity index (χ0) is 22.4. The molecule has 7 rings (SSSR count). The first-order valence-corrected chi connectivity index (χ1v) is 12.0. The zero-order valence-electron chi connectivity index (χ0n) is 18.7. The Bertz CT molecular complexity index is 1130. The average molecular weight is 447 g/mol. The Kier molecular flexibility index (Phi) is 4.96. The number of hydrogen-bond acceptors (Lipinski definition) is 4. The third-order valence-corrected chi connectivity index (χ3v) is 7.80. The van der Waals surface area contributed by atoms with E-state index in [0.29, 0.717) is 18.7 Å². The van der Waals surface area contributed by atoms with Crippen LogP contribution in [0.15, 0.2) is 43.0 Å². The molecule has 33 heavy (non-hydrogen) atoms. The molecule has 3 aromatic heterocycles. The summed E-state index contributed by atoms with van der Waals surface area (Å²) in [6, 6.07) is 5.87. The number of pyridine rings is 1. The molecule has 0 aromatic carbocycles. The largest absolute Gasteiger partial charge is 0.347 e. The number of aromatic nitrogens is 4. The van der Waals surface area contributed by atoms with Crippen molar-refractivity contribution in [3.8, 4) is 0 Å². The van der Waals surface area contributed by atoms with Gasteiger partial charge in [-0.05, 0) is 73.8 Å². The van der Waals surface area contributed by atoms with Crippen LogP contribution in [0.5, 0.6) is 0 Å². The number of nitrogens with zero attached hydrogens (tertiary/aromatic N) is 4. The van der Waals surface area contributed by atoms with Gasteiger partial charge in [-0.25, -0.2) is 4.98 Å². The van der Waals surface area contributed by atoms with Crippen LogP contribution in [-0.2, 0) is 16.1 Å². The van der Waals surface area contributed by atoms with E-state index in [9.17, 15) is 9.59 Å². The second kappa shape index (κ2) is 8.01. The van der Waals surface area contributed by atoms with Crippen molar-refractivity contribution in [3.63, 3.8) is 0 Å². The van der Waals surface area contributed by atoms with Gasteiger partial charge in [-0.1, -0.05) is 6.07 Å². The highest BCUT2D eigenvalue weighted by Gasteiger charge is 2.51. The van der Waals surface area contributed by atoms with Crippen LogP contribution in [-0.4, -0.2) is 37.5 Å². The highest BCUT2D eigenvalue weighted by molar-refractivity contribution is 5.94. The van der Waals surface area contributed by atoms with E-state index in [1.54, 1.807) is 17.1 Å². The maximum atomic E-state index is 12.6. The standard InChI is InChI=1S/C25H30N6O2/c32-23(11-25-8-17-5-18(9-25)7-19(6-17)10-25)26-13-24(33)29-20-12-27-31(15-20)16-21-14-30-4-2-1-3-22(30)28-21/h1-4,12,14-15,17-19H,5-11,13,16H2,(H,26,32)(H,29,33). The molecule has 4 saturated carbocycles. The minimum Gasteiger partial charge on any atom is -0.347 e. The summed E-state index contributed by atoms with van der Waals surface area (Å²) in [5.74, 6) is 2.24. The summed E-state index contributed by atoms with van der Waals surface area (Å²) in [7, 11) is 0. The van der Waals surface area contributed by atoms with E-state index in [1.807, 2.05) is 35.0 Å². The van der Waals surface area contributed by atoms with Crippen LogP contribution < -0.4 is 10.6 Å². The normalized spacial score (nSPS) is 27.7.